The fourth-order valence-corrected chi connectivity index (χ4v) is 5.25. The lowest BCUT2D eigenvalue weighted by Crippen LogP contribution is -2.59. The first-order valence-electron chi connectivity index (χ1n) is 10.6. The summed E-state index contributed by atoms with van der Waals surface area (Å²) in [6, 6.07) is 15.7. The van der Waals surface area contributed by atoms with Gasteiger partial charge in [0.2, 0.25) is 11.8 Å². The molecule has 29 heavy (non-hydrogen) atoms. The molecule has 4 rings (SSSR count). The van der Waals surface area contributed by atoms with Crippen LogP contribution in [0.1, 0.15) is 56.2 Å². The molecule has 1 aromatic carbocycles. The van der Waals surface area contributed by atoms with E-state index in [-0.39, 0.29) is 5.91 Å². The molecule has 0 bridgehead atoms. The van der Waals surface area contributed by atoms with Gasteiger partial charge in [0.25, 0.3) is 0 Å². The van der Waals surface area contributed by atoms with Crippen LogP contribution in [0.5, 0.6) is 0 Å². The number of rotatable bonds is 4. The maximum absolute atomic E-state index is 14.0. The molecule has 0 spiro atoms. The quantitative estimate of drug-likeness (QED) is 0.868. The highest BCUT2D eigenvalue weighted by Crippen LogP contribution is 2.43. The third-order valence-electron chi connectivity index (χ3n) is 6.85. The maximum atomic E-state index is 14.0. The number of aromatic nitrogens is 1. The van der Waals surface area contributed by atoms with Gasteiger partial charge >= 0.3 is 0 Å². The molecule has 1 atom stereocenters. The minimum Gasteiger partial charge on any atom is -0.369 e. The first-order chi connectivity index (χ1) is 14.1. The SMILES string of the molecule is NC(=O)[C@@]1(c2ccccn2)CCCN(C(=O)C2(c3ccccc3)CCCCC2)C1. The summed E-state index contributed by atoms with van der Waals surface area (Å²) in [5, 5.41) is 0. The van der Waals surface area contributed by atoms with E-state index in [4.69, 9.17) is 5.73 Å². The van der Waals surface area contributed by atoms with Crippen LogP contribution in [0, 0.1) is 0 Å². The van der Waals surface area contributed by atoms with Crippen molar-refractivity contribution in [3.63, 3.8) is 0 Å². The van der Waals surface area contributed by atoms with Crippen LogP contribution in [-0.4, -0.2) is 34.8 Å². The topological polar surface area (TPSA) is 76.3 Å². The van der Waals surface area contributed by atoms with Crippen molar-refractivity contribution in [1.82, 2.24) is 9.88 Å². The lowest BCUT2D eigenvalue weighted by atomic mass is 9.67. The molecule has 1 saturated heterocycles. The zero-order chi connectivity index (χ0) is 20.3. The van der Waals surface area contributed by atoms with Crippen molar-refractivity contribution in [2.24, 2.45) is 5.73 Å². The van der Waals surface area contributed by atoms with Crippen LogP contribution in [0.2, 0.25) is 0 Å². The van der Waals surface area contributed by atoms with E-state index < -0.39 is 16.7 Å². The number of nitrogens with two attached hydrogens (primary N) is 1. The molecule has 1 aliphatic heterocycles. The molecule has 2 fully saturated rings. The summed E-state index contributed by atoms with van der Waals surface area (Å²) in [6.45, 7) is 0.974. The number of likely N-dealkylation sites (tertiary alicyclic amines) is 1. The van der Waals surface area contributed by atoms with Crippen molar-refractivity contribution in [2.45, 2.75) is 55.8 Å². The number of amides is 2. The van der Waals surface area contributed by atoms with Crippen LogP contribution in [0.4, 0.5) is 0 Å². The Morgan fingerprint density at radius 3 is 2.21 bits per heavy atom. The van der Waals surface area contributed by atoms with Crippen molar-refractivity contribution in [3.05, 3.63) is 66.0 Å². The molecule has 1 aromatic heterocycles. The van der Waals surface area contributed by atoms with Crippen molar-refractivity contribution < 1.29 is 9.59 Å². The van der Waals surface area contributed by atoms with E-state index in [0.29, 0.717) is 25.2 Å². The molecule has 5 nitrogen and oxygen atoms in total. The fourth-order valence-electron chi connectivity index (χ4n) is 5.25. The maximum Gasteiger partial charge on any atom is 0.233 e. The molecular formula is C24H29N3O2. The fraction of sp³-hybridized carbons (Fsp3) is 0.458. The molecule has 0 unspecified atom stereocenters. The van der Waals surface area contributed by atoms with Gasteiger partial charge in [-0.1, -0.05) is 55.7 Å². The summed E-state index contributed by atoms with van der Waals surface area (Å²) in [7, 11) is 0. The van der Waals surface area contributed by atoms with E-state index in [1.54, 1.807) is 6.20 Å². The van der Waals surface area contributed by atoms with E-state index in [2.05, 4.69) is 17.1 Å². The normalized spacial score (nSPS) is 24.1. The summed E-state index contributed by atoms with van der Waals surface area (Å²) < 4.78 is 0. The van der Waals surface area contributed by atoms with Gasteiger partial charge in [0.1, 0.15) is 5.41 Å². The third kappa shape index (κ3) is 3.43. The van der Waals surface area contributed by atoms with Gasteiger partial charge in [-0.05, 0) is 43.4 Å². The summed E-state index contributed by atoms with van der Waals surface area (Å²) in [6.07, 6.45) is 8.05. The number of piperidine rings is 1. The predicted molar refractivity (Wildman–Crippen MR) is 112 cm³/mol. The number of carbonyl (C=O) groups excluding carboxylic acids is 2. The summed E-state index contributed by atoms with van der Waals surface area (Å²) in [4.78, 5) is 32.9. The van der Waals surface area contributed by atoms with Crippen molar-refractivity contribution >= 4 is 11.8 Å². The van der Waals surface area contributed by atoms with E-state index in [9.17, 15) is 9.59 Å². The van der Waals surface area contributed by atoms with Crippen LogP contribution < -0.4 is 5.73 Å². The molecule has 1 aliphatic carbocycles. The van der Waals surface area contributed by atoms with Crippen LogP contribution in [0.15, 0.2) is 54.7 Å². The average molecular weight is 392 g/mol. The number of pyridine rings is 1. The first-order valence-corrected chi connectivity index (χ1v) is 10.6. The molecule has 2 amide bonds. The van der Waals surface area contributed by atoms with E-state index in [0.717, 1.165) is 37.7 Å². The largest absolute Gasteiger partial charge is 0.369 e. The number of hydrogen-bond donors (Lipinski definition) is 1. The van der Waals surface area contributed by atoms with E-state index >= 15 is 0 Å². The molecule has 1 saturated carbocycles. The van der Waals surface area contributed by atoms with Gasteiger partial charge < -0.3 is 10.6 Å². The Bertz CT molecular complexity index is 862. The average Bonchev–Trinajstić information content (AvgIpc) is 2.80. The zero-order valence-corrected chi connectivity index (χ0v) is 16.8. The second kappa shape index (κ2) is 7.97. The monoisotopic (exact) mass is 391 g/mol. The lowest BCUT2D eigenvalue weighted by molar-refractivity contribution is -0.143. The van der Waals surface area contributed by atoms with Crippen molar-refractivity contribution in [3.8, 4) is 0 Å². The second-order valence-electron chi connectivity index (χ2n) is 8.50. The Kier molecular flexibility index (Phi) is 5.39. The summed E-state index contributed by atoms with van der Waals surface area (Å²) >= 11 is 0. The van der Waals surface area contributed by atoms with E-state index in [1.165, 1.54) is 6.42 Å². The van der Waals surface area contributed by atoms with Gasteiger partial charge in [-0.2, -0.15) is 0 Å². The molecule has 2 aromatic rings. The lowest BCUT2D eigenvalue weighted by Gasteiger charge is -2.45. The second-order valence-corrected chi connectivity index (χ2v) is 8.50. The Labute approximate surface area is 172 Å². The number of primary amides is 1. The smallest absolute Gasteiger partial charge is 0.233 e. The molecule has 0 radical (unpaired) electrons. The number of hydrogen-bond acceptors (Lipinski definition) is 3. The molecule has 2 aliphatic rings. The minimum atomic E-state index is -0.915. The number of carbonyl (C=O) groups is 2. The Morgan fingerprint density at radius 1 is 0.862 bits per heavy atom. The van der Waals surface area contributed by atoms with Crippen LogP contribution in [0.25, 0.3) is 0 Å². The third-order valence-corrected chi connectivity index (χ3v) is 6.85. The molecule has 2 heterocycles. The van der Waals surface area contributed by atoms with Gasteiger partial charge in [-0.3, -0.25) is 14.6 Å². The van der Waals surface area contributed by atoms with Gasteiger partial charge in [-0.25, -0.2) is 0 Å². The Hall–Kier alpha value is -2.69. The summed E-state index contributed by atoms with van der Waals surface area (Å²) in [5.74, 6) is -0.254. The Balaban J connectivity index is 1.69. The molecular weight excluding hydrogens is 362 g/mol. The van der Waals surface area contributed by atoms with Gasteiger partial charge in [0.15, 0.2) is 0 Å². The summed E-state index contributed by atoms with van der Waals surface area (Å²) in [5.41, 5.74) is 6.26. The van der Waals surface area contributed by atoms with Gasteiger partial charge in [0, 0.05) is 19.3 Å². The molecule has 2 N–H and O–H groups in total. The highest BCUT2D eigenvalue weighted by molar-refractivity contribution is 5.91. The first kappa shape index (κ1) is 19.6. The van der Waals surface area contributed by atoms with Crippen LogP contribution in [0.3, 0.4) is 0 Å². The highest BCUT2D eigenvalue weighted by atomic mass is 16.2. The predicted octanol–water partition coefficient (Wildman–Crippen LogP) is 3.33. The number of benzene rings is 1. The standard InChI is InChI=1S/C24H29N3O2/c25-21(28)24(20-12-5-8-16-26-20)15-9-17-27(18-24)22(29)23(13-6-2-7-14-23)19-10-3-1-4-11-19/h1,3-5,8,10-12,16H,2,6-7,9,13-15,17-18H2,(H2,25,28)/t24-/m0/s1. The molecule has 152 valence electrons. The minimum absolute atomic E-state index is 0.143. The van der Waals surface area contributed by atoms with Crippen LogP contribution in [-0.2, 0) is 20.4 Å². The van der Waals surface area contributed by atoms with Crippen molar-refractivity contribution in [2.75, 3.05) is 13.1 Å². The van der Waals surface area contributed by atoms with E-state index in [1.807, 2.05) is 41.3 Å². The zero-order valence-electron chi connectivity index (χ0n) is 16.8. The van der Waals surface area contributed by atoms with Gasteiger partial charge in [0.05, 0.1) is 11.1 Å². The van der Waals surface area contributed by atoms with Gasteiger partial charge in [-0.15, -0.1) is 0 Å². The molecule has 5 heteroatoms. The van der Waals surface area contributed by atoms with Crippen LogP contribution >= 0.6 is 0 Å². The number of nitrogens with zero attached hydrogens (tertiary/aromatic N) is 2. The van der Waals surface area contributed by atoms with Crippen molar-refractivity contribution in [1.29, 1.82) is 0 Å². The highest BCUT2D eigenvalue weighted by Gasteiger charge is 2.49. The Morgan fingerprint density at radius 2 is 1.55 bits per heavy atom.